The van der Waals surface area contributed by atoms with Crippen LogP contribution in [0.4, 0.5) is 5.82 Å². The summed E-state index contributed by atoms with van der Waals surface area (Å²) in [6.07, 6.45) is 7.38. The molecule has 1 N–H and O–H groups in total. The number of nitrogens with one attached hydrogen (secondary N) is 1. The lowest BCUT2D eigenvalue weighted by atomic mass is 9.90. The maximum absolute atomic E-state index is 11.9. The van der Waals surface area contributed by atoms with E-state index in [1.54, 1.807) is 24.6 Å². The summed E-state index contributed by atoms with van der Waals surface area (Å²) in [5, 5.41) is 4.87. The predicted octanol–water partition coefficient (Wildman–Crippen LogP) is 2.65. The van der Waals surface area contributed by atoms with Gasteiger partial charge in [-0.3, -0.25) is 9.69 Å². The molecule has 0 bridgehead atoms. The van der Waals surface area contributed by atoms with Crippen LogP contribution in [0, 0.1) is 0 Å². The van der Waals surface area contributed by atoms with E-state index in [1.807, 2.05) is 4.90 Å². The van der Waals surface area contributed by atoms with Crippen LogP contribution in [0.25, 0.3) is 10.2 Å². The molecular formula is C21H29N5O2S. The smallest absolute Gasteiger partial charge is 0.219 e. The Hall–Kier alpha value is -1.77. The molecule has 3 aliphatic rings. The van der Waals surface area contributed by atoms with Gasteiger partial charge in [-0.15, -0.1) is 11.3 Å². The van der Waals surface area contributed by atoms with Gasteiger partial charge in [0.2, 0.25) is 5.91 Å². The number of fused-ring (bicyclic) bond motifs is 3. The van der Waals surface area contributed by atoms with Crippen LogP contribution in [-0.4, -0.2) is 70.6 Å². The van der Waals surface area contributed by atoms with Crippen LogP contribution in [0.15, 0.2) is 6.33 Å². The summed E-state index contributed by atoms with van der Waals surface area (Å²) in [6.45, 7) is 7.02. The fraction of sp³-hybridized carbons (Fsp3) is 0.667. The number of hydrogen-bond donors (Lipinski definition) is 1. The maximum atomic E-state index is 11.9. The minimum absolute atomic E-state index is 0.141. The fourth-order valence-corrected chi connectivity index (χ4v) is 6.15. The fourth-order valence-electron chi connectivity index (χ4n) is 5.01. The number of rotatable bonds is 3. The second kappa shape index (κ2) is 8.16. The quantitative estimate of drug-likeness (QED) is 0.831. The average Bonchev–Trinajstić information content (AvgIpc) is 3.13. The molecule has 0 spiro atoms. The number of anilines is 1. The number of aromatic nitrogens is 2. The molecule has 1 saturated heterocycles. The first-order chi connectivity index (χ1) is 14.2. The molecule has 1 aliphatic carbocycles. The zero-order valence-corrected chi connectivity index (χ0v) is 17.8. The van der Waals surface area contributed by atoms with E-state index in [-0.39, 0.29) is 5.91 Å². The number of ether oxygens (including phenoxy) is 1. The molecule has 1 amide bonds. The van der Waals surface area contributed by atoms with E-state index in [2.05, 4.69) is 20.2 Å². The van der Waals surface area contributed by atoms with E-state index in [0.717, 1.165) is 55.3 Å². The molecule has 1 saturated carbocycles. The number of carbonyl (C=O) groups is 1. The summed E-state index contributed by atoms with van der Waals surface area (Å²) < 4.78 is 5.50. The second-order valence-electron chi connectivity index (χ2n) is 8.39. The van der Waals surface area contributed by atoms with Crippen LogP contribution in [0.3, 0.4) is 0 Å². The normalized spacial score (nSPS) is 25.8. The van der Waals surface area contributed by atoms with Crippen molar-refractivity contribution in [3.63, 3.8) is 0 Å². The number of nitrogens with zero attached hydrogens (tertiary/aromatic N) is 4. The Balaban J connectivity index is 1.31. The second-order valence-corrected chi connectivity index (χ2v) is 9.48. The molecule has 5 rings (SSSR count). The van der Waals surface area contributed by atoms with Gasteiger partial charge < -0.3 is 15.0 Å². The number of thiophene rings is 1. The average molecular weight is 416 g/mol. The number of morpholine rings is 1. The molecule has 0 aromatic carbocycles. The Kier molecular flexibility index (Phi) is 5.41. The lowest BCUT2D eigenvalue weighted by Gasteiger charge is -2.39. The van der Waals surface area contributed by atoms with Crippen LogP contribution >= 0.6 is 11.3 Å². The van der Waals surface area contributed by atoms with Crippen molar-refractivity contribution in [1.82, 2.24) is 19.8 Å². The van der Waals surface area contributed by atoms with Gasteiger partial charge in [-0.2, -0.15) is 0 Å². The van der Waals surface area contributed by atoms with Crippen molar-refractivity contribution in [2.45, 2.75) is 57.7 Å². The van der Waals surface area contributed by atoms with Gasteiger partial charge in [0.05, 0.1) is 18.6 Å². The van der Waals surface area contributed by atoms with Crippen LogP contribution in [0.1, 0.15) is 43.0 Å². The minimum Gasteiger partial charge on any atom is -0.379 e. The molecule has 156 valence electrons. The highest BCUT2D eigenvalue weighted by Gasteiger charge is 2.29. The third-order valence-electron chi connectivity index (χ3n) is 6.67. The monoisotopic (exact) mass is 415 g/mol. The van der Waals surface area contributed by atoms with Crippen LogP contribution in [0.5, 0.6) is 0 Å². The van der Waals surface area contributed by atoms with Crippen molar-refractivity contribution in [2.75, 3.05) is 38.2 Å². The Labute approximate surface area is 175 Å². The topological polar surface area (TPSA) is 70.6 Å². The highest BCUT2D eigenvalue weighted by molar-refractivity contribution is 7.19. The highest BCUT2D eigenvalue weighted by Crippen LogP contribution is 2.38. The van der Waals surface area contributed by atoms with E-state index in [4.69, 9.17) is 4.74 Å². The van der Waals surface area contributed by atoms with Crippen molar-refractivity contribution in [3.8, 4) is 0 Å². The van der Waals surface area contributed by atoms with E-state index in [1.165, 1.54) is 36.1 Å². The lowest BCUT2D eigenvalue weighted by molar-refractivity contribution is -0.129. The Bertz CT molecular complexity index is 887. The maximum Gasteiger partial charge on any atom is 0.219 e. The van der Waals surface area contributed by atoms with Gasteiger partial charge in [-0.25, -0.2) is 9.97 Å². The van der Waals surface area contributed by atoms with Gasteiger partial charge in [0.15, 0.2) is 0 Å². The summed E-state index contributed by atoms with van der Waals surface area (Å²) in [5.41, 5.74) is 1.25. The minimum atomic E-state index is 0.141. The molecule has 0 radical (unpaired) electrons. The van der Waals surface area contributed by atoms with Gasteiger partial charge in [0.25, 0.3) is 0 Å². The summed E-state index contributed by atoms with van der Waals surface area (Å²) in [5.74, 6) is 1.09. The number of carbonyl (C=O) groups excluding carboxylic acids is 1. The lowest BCUT2D eigenvalue weighted by Crippen LogP contribution is -2.46. The molecule has 2 aromatic rings. The van der Waals surface area contributed by atoms with E-state index >= 15 is 0 Å². The Morgan fingerprint density at radius 3 is 2.72 bits per heavy atom. The molecule has 29 heavy (non-hydrogen) atoms. The van der Waals surface area contributed by atoms with Crippen molar-refractivity contribution in [2.24, 2.45) is 0 Å². The third-order valence-corrected chi connectivity index (χ3v) is 7.87. The molecule has 2 aromatic heterocycles. The van der Waals surface area contributed by atoms with Crippen molar-refractivity contribution >= 4 is 33.3 Å². The van der Waals surface area contributed by atoms with Gasteiger partial charge in [-0.05, 0) is 37.7 Å². The Morgan fingerprint density at radius 1 is 1.17 bits per heavy atom. The third kappa shape index (κ3) is 3.85. The van der Waals surface area contributed by atoms with Crippen LogP contribution in [-0.2, 0) is 22.5 Å². The first-order valence-corrected chi connectivity index (χ1v) is 11.6. The first kappa shape index (κ1) is 19.2. The van der Waals surface area contributed by atoms with Crippen LogP contribution in [0.2, 0.25) is 0 Å². The summed E-state index contributed by atoms with van der Waals surface area (Å²) in [6, 6.07) is 1.15. The zero-order valence-electron chi connectivity index (χ0n) is 17.0. The van der Waals surface area contributed by atoms with Gasteiger partial charge in [-0.1, -0.05) is 0 Å². The van der Waals surface area contributed by atoms with Crippen LogP contribution < -0.4 is 5.32 Å². The van der Waals surface area contributed by atoms with Crippen molar-refractivity contribution in [3.05, 3.63) is 16.8 Å². The van der Waals surface area contributed by atoms with E-state index in [0.29, 0.717) is 18.6 Å². The number of hydrogen-bond acceptors (Lipinski definition) is 7. The van der Waals surface area contributed by atoms with Gasteiger partial charge in [0.1, 0.15) is 17.0 Å². The first-order valence-electron chi connectivity index (χ1n) is 10.8. The molecule has 0 unspecified atom stereocenters. The Morgan fingerprint density at radius 2 is 1.97 bits per heavy atom. The summed E-state index contributed by atoms with van der Waals surface area (Å²) >= 11 is 1.76. The SMILES string of the molecule is CC(=O)N1CCc2sc3ncnc(N[C@H]4CC[C@H](N5CCOCC5)CC4)c3c2C1. The molecule has 4 heterocycles. The largest absolute Gasteiger partial charge is 0.379 e. The highest BCUT2D eigenvalue weighted by atomic mass is 32.1. The molecule has 2 fully saturated rings. The van der Waals surface area contributed by atoms with Gasteiger partial charge in [0, 0.05) is 50.1 Å². The van der Waals surface area contributed by atoms with Gasteiger partial charge >= 0.3 is 0 Å². The van der Waals surface area contributed by atoms with E-state index in [9.17, 15) is 4.79 Å². The number of amides is 1. The standard InChI is InChI=1S/C21H29N5O2S/c1-14(27)26-7-6-18-17(12-26)19-20(22-13-23-21(19)29-18)24-15-2-4-16(5-3-15)25-8-10-28-11-9-25/h13,15-16H,2-12H2,1H3,(H,22,23,24)/t15-,16-. The predicted molar refractivity (Wildman–Crippen MR) is 114 cm³/mol. The van der Waals surface area contributed by atoms with E-state index < -0.39 is 0 Å². The molecule has 0 atom stereocenters. The molecule has 8 heteroatoms. The van der Waals surface area contributed by atoms with Crippen molar-refractivity contribution in [1.29, 1.82) is 0 Å². The molecule has 2 aliphatic heterocycles. The summed E-state index contributed by atoms with van der Waals surface area (Å²) in [4.78, 5) is 28.0. The summed E-state index contributed by atoms with van der Waals surface area (Å²) in [7, 11) is 0. The molecular weight excluding hydrogens is 386 g/mol. The zero-order chi connectivity index (χ0) is 19.8. The van der Waals surface area contributed by atoms with Crippen molar-refractivity contribution < 1.29 is 9.53 Å². The molecule has 7 nitrogen and oxygen atoms in total.